The molecule has 0 saturated carbocycles. The Balaban J connectivity index is 4.06. The molecule has 0 aliphatic rings. The van der Waals surface area contributed by atoms with Crippen LogP contribution in [0, 0.1) is 11.3 Å². The fraction of sp³-hybridized carbons (Fsp3) is 0.857. The van der Waals surface area contributed by atoms with E-state index >= 15 is 0 Å². The van der Waals surface area contributed by atoms with E-state index < -0.39 is 11.4 Å². The van der Waals surface area contributed by atoms with Gasteiger partial charge in [-0.3, -0.25) is 9.59 Å². The molecular formula is C14H27NO4. The first kappa shape index (κ1) is 17.9. The zero-order valence-electron chi connectivity index (χ0n) is 12.7. The van der Waals surface area contributed by atoms with E-state index in [0.717, 1.165) is 6.42 Å². The van der Waals surface area contributed by atoms with Crippen LogP contribution in [0.25, 0.3) is 0 Å². The lowest BCUT2D eigenvalue weighted by molar-refractivity contribution is -0.153. The summed E-state index contributed by atoms with van der Waals surface area (Å²) < 4.78 is 5.36. The van der Waals surface area contributed by atoms with Gasteiger partial charge in [0.1, 0.15) is 0 Å². The molecule has 0 aromatic heterocycles. The highest BCUT2D eigenvalue weighted by molar-refractivity contribution is 5.84. The van der Waals surface area contributed by atoms with Crippen LogP contribution in [0.2, 0.25) is 0 Å². The zero-order chi connectivity index (χ0) is 15.1. The maximum absolute atomic E-state index is 11.7. The standard InChI is InChI=1S/C14H27NO4/c1-10(2)14(5,13(17)18)9-12(16)15-7-6-8-19-11(3)4/h10-11H,6-9H2,1-5H3,(H,15,16)(H,17,18). The quantitative estimate of drug-likeness (QED) is 0.630. The topological polar surface area (TPSA) is 75.6 Å². The molecule has 0 spiro atoms. The molecule has 1 unspecified atom stereocenters. The lowest BCUT2D eigenvalue weighted by atomic mass is 9.76. The van der Waals surface area contributed by atoms with Gasteiger partial charge < -0.3 is 15.2 Å². The second-order valence-electron chi connectivity index (χ2n) is 5.68. The van der Waals surface area contributed by atoms with Gasteiger partial charge in [0, 0.05) is 19.6 Å². The highest BCUT2D eigenvalue weighted by atomic mass is 16.5. The lowest BCUT2D eigenvalue weighted by Gasteiger charge is -2.28. The fourth-order valence-corrected chi connectivity index (χ4v) is 1.54. The van der Waals surface area contributed by atoms with Crippen molar-refractivity contribution >= 4 is 11.9 Å². The van der Waals surface area contributed by atoms with Gasteiger partial charge in [-0.15, -0.1) is 0 Å². The van der Waals surface area contributed by atoms with E-state index in [1.54, 1.807) is 6.92 Å². The van der Waals surface area contributed by atoms with Gasteiger partial charge in [0.05, 0.1) is 11.5 Å². The molecule has 1 amide bonds. The molecule has 0 aromatic rings. The molecule has 0 aromatic carbocycles. The Morgan fingerprint density at radius 3 is 2.26 bits per heavy atom. The second kappa shape index (κ2) is 8.15. The normalized spacial score (nSPS) is 14.5. The van der Waals surface area contributed by atoms with Crippen molar-refractivity contribution < 1.29 is 19.4 Å². The molecule has 0 rings (SSSR count). The van der Waals surface area contributed by atoms with Gasteiger partial charge in [-0.1, -0.05) is 13.8 Å². The maximum Gasteiger partial charge on any atom is 0.310 e. The van der Waals surface area contributed by atoms with Crippen LogP contribution >= 0.6 is 0 Å². The van der Waals surface area contributed by atoms with E-state index in [2.05, 4.69) is 5.32 Å². The number of nitrogens with one attached hydrogen (secondary N) is 1. The van der Waals surface area contributed by atoms with Crippen molar-refractivity contribution in [2.75, 3.05) is 13.2 Å². The predicted octanol–water partition coefficient (Wildman–Crippen LogP) is 2.05. The van der Waals surface area contributed by atoms with Gasteiger partial charge in [0.2, 0.25) is 5.91 Å². The summed E-state index contributed by atoms with van der Waals surface area (Å²) in [4.78, 5) is 23.0. The van der Waals surface area contributed by atoms with Gasteiger partial charge in [-0.05, 0) is 33.1 Å². The van der Waals surface area contributed by atoms with E-state index in [4.69, 9.17) is 4.74 Å². The van der Waals surface area contributed by atoms with Gasteiger partial charge in [-0.2, -0.15) is 0 Å². The van der Waals surface area contributed by atoms with Crippen molar-refractivity contribution in [3.63, 3.8) is 0 Å². The van der Waals surface area contributed by atoms with E-state index in [1.165, 1.54) is 0 Å². The Morgan fingerprint density at radius 1 is 1.26 bits per heavy atom. The molecule has 0 fully saturated rings. The highest BCUT2D eigenvalue weighted by Gasteiger charge is 2.38. The van der Waals surface area contributed by atoms with E-state index in [1.807, 2.05) is 27.7 Å². The number of hydrogen-bond donors (Lipinski definition) is 2. The molecular weight excluding hydrogens is 246 g/mol. The van der Waals surface area contributed by atoms with Crippen LogP contribution in [-0.4, -0.2) is 36.2 Å². The first-order valence-corrected chi connectivity index (χ1v) is 6.81. The van der Waals surface area contributed by atoms with Gasteiger partial charge in [0.15, 0.2) is 0 Å². The molecule has 1 atom stereocenters. The third-order valence-corrected chi connectivity index (χ3v) is 3.39. The van der Waals surface area contributed by atoms with Crippen LogP contribution in [0.15, 0.2) is 0 Å². The maximum atomic E-state index is 11.7. The minimum Gasteiger partial charge on any atom is -0.481 e. The summed E-state index contributed by atoms with van der Waals surface area (Å²) in [7, 11) is 0. The molecule has 19 heavy (non-hydrogen) atoms. The highest BCUT2D eigenvalue weighted by Crippen LogP contribution is 2.31. The molecule has 0 aliphatic heterocycles. The number of ether oxygens (including phenoxy) is 1. The third kappa shape index (κ3) is 6.57. The smallest absolute Gasteiger partial charge is 0.310 e. The average molecular weight is 273 g/mol. The summed E-state index contributed by atoms with van der Waals surface area (Å²) in [6.07, 6.45) is 0.924. The SMILES string of the molecule is CC(C)OCCCNC(=O)CC(C)(C(=O)O)C(C)C. The number of amides is 1. The lowest BCUT2D eigenvalue weighted by Crippen LogP contribution is -2.39. The average Bonchev–Trinajstić information content (AvgIpc) is 2.27. The van der Waals surface area contributed by atoms with Crippen LogP contribution in [0.4, 0.5) is 0 Å². The fourth-order valence-electron chi connectivity index (χ4n) is 1.54. The van der Waals surface area contributed by atoms with Crippen LogP contribution in [-0.2, 0) is 14.3 Å². The number of carboxylic acids is 1. The Labute approximate surface area is 115 Å². The summed E-state index contributed by atoms with van der Waals surface area (Å²) >= 11 is 0. The van der Waals surface area contributed by atoms with Crippen molar-refractivity contribution in [3.05, 3.63) is 0 Å². The van der Waals surface area contributed by atoms with E-state index in [9.17, 15) is 14.7 Å². The van der Waals surface area contributed by atoms with Gasteiger partial charge in [-0.25, -0.2) is 0 Å². The molecule has 0 saturated heterocycles. The predicted molar refractivity (Wildman–Crippen MR) is 73.9 cm³/mol. The van der Waals surface area contributed by atoms with Crippen molar-refractivity contribution in [2.24, 2.45) is 11.3 Å². The number of carboxylic acid groups (broad SMARTS) is 1. The van der Waals surface area contributed by atoms with E-state index in [0.29, 0.717) is 13.2 Å². The summed E-state index contributed by atoms with van der Waals surface area (Å²) in [5, 5.41) is 12.0. The summed E-state index contributed by atoms with van der Waals surface area (Å²) in [6.45, 7) is 10.3. The van der Waals surface area contributed by atoms with Crippen molar-refractivity contribution in [1.29, 1.82) is 0 Å². The van der Waals surface area contributed by atoms with Crippen LogP contribution in [0.1, 0.15) is 47.5 Å². The summed E-state index contributed by atoms with van der Waals surface area (Å²) in [6, 6.07) is 0. The largest absolute Gasteiger partial charge is 0.481 e. The molecule has 0 radical (unpaired) electrons. The minimum absolute atomic E-state index is 0.00500. The van der Waals surface area contributed by atoms with Crippen LogP contribution in [0.3, 0.4) is 0 Å². The Bertz CT molecular complexity index is 302. The minimum atomic E-state index is -1.02. The summed E-state index contributed by atoms with van der Waals surface area (Å²) in [5.74, 6) is -1.25. The van der Waals surface area contributed by atoms with Crippen LogP contribution in [0.5, 0.6) is 0 Å². The number of rotatable bonds is 9. The number of hydrogen-bond acceptors (Lipinski definition) is 3. The number of carbonyl (C=O) groups is 2. The molecule has 0 bridgehead atoms. The third-order valence-electron chi connectivity index (χ3n) is 3.39. The number of aliphatic carboxylic acids is 1. The van der Waals surface area contributed by atoms with Gasteiger partial charge >= 0.3 is 5.97 Å². The van der Waals surface area contributed by atoms with Crippen LogP contribution < -0.4 is 5.32 Å². The Hall–Kier alpha value is -1.10. The Kier molecular flexibility index (Phi) is 7.68. The monoisotopic (exact) mass is 273 g/mol. The molecule has 0 aliphatic carbocycles. The zero-order valence-corrected chi connectivity index (χ0v) is 12.7. The molecule has 5 nitrogen and oxygen atoms in total. The molecule has 5 heteroatoms. The molecule has 112 valence electrons. The Morgan fingerprint density at radius 2 is 1.84 bits per heavy atom. The summed E-state index contributed by atoms with van der Waals surface area (Å²) in [5.41, 5.74) is -1.02. The first-order valence-electron chi connectivity index (χ1n) is 6.81. The second-order valence-corrected chi connectivity index (χ2v) is 5.68. The van der Waals surface area contributed by atoms with Gasteiger partial charge in [0.25, 0.3) is 0 Å². The van der Waals surface area contributed by atoms with E-state index in [-0.39, 0.29) is 24.3 Å². The first-order chi connectivity index (χ1) is 8.70. The van der Waals surface area contributed by atoms with Crippen molar-refractivity contribution in [1.82, 2.24) is 5.32 Å². The van der Waals surface area contributed by atoms with Crippen molar-refractivity contribution in [3.8, 4) is 0 Å². The number of carbonyl (C=O) groups excluding carboxylic acids is 1. The molecule has 2 N–H and O–H groups in total. The molecule has 0 heterocycles. The van der Waals surface area contributed by atoms with Crippen molar-refractivity contribution in [2.45, 2.75) is 53.6 Å².